The molecule has 148 valence electrons. The summed E-state index contributed by atoms with van der Waals surface area (Å²) in [6.07, 6.45) is 3.46. The summed E-state index contributed by atoms with van der Waals surface area (Å²) in [5, 5.41) is 20.4. The van der Waals surface area contributed by atoms with Gasteiger partial charge < -0.3 is 24.5 Å². The molecule has 0 amide bonds. The van der Waals surface area contributed by atoms with E-state index in [9.17, 15) is 19.8 Å². The molecule has 1 aromatic carbocycles. The Morgan fingerprint density at radius 3 is 2.67 bits per heavy atom. The number of esters is 1. The van der Waals surface area contributed by atoms with Crippen LogP contribution in [0.25, 0.3) is 0 Å². The molecular weight excluding hydrogens is 348 g/mol. The minimum atomic E-state index is -0.539. The molecule has 1 saturated heterocycles. The molecular formula is C21H28O6. The van der Waals surface area contributed by atoms with Gasteiger partial charge in [-0.1, -0.05) is 12.1 Å². The number of carbonyl (C=O) groups is 2. The first-order chi connectivity index (χ1) is 12.9. The third kappa shape index (κ3) is 5.30. The second kappa shape index (κ2) is 8.85. The Hall–Kier alpha value is -1.92. The van der Waals surface area contributed by atoms with Crippen LogP contribution in [0, 0.1) is 0 Å². The van der Waals surface area contributed by atoms with Crippen LogP contribution >= 0.6 is 0 Å². The first-order valence-electron chi connectivity index (χ1n) is 9.77. The van der Waals surface area contributed by atoms with Crippen LogP contribution in [0.2, 0.25) is 0 Å². The highest BCUT2D eigenvalue weighted by molar-refractivity contribution is 5.94. The zero-order chi connectivity index (χ0) is 19.4. The molecule has 6 nitrogen and oxygen atoms in total. The van der Waals surface area contributed by atoms with Crippen molar-refractivity contribution in [2.45, 2.75) is 82.7 Å². The fourth-order valence-electron chi connectivity index (χ4n) is 4.01. The molecule has 0 radical (unpaired) electrons. The highest BCUT2D eigenvalue weighted by atomic mass is 16.5. The molecule has 1 fully saturated rings. The molecule has 3 rings (SSSR count). The van der Waals surface area contributed by atoms with Gasteiger partial charge in [-0.2, -0.15) is 0 Å². The molecule has 2 bridgehead atoms. The molecule has 0 aliphatic carbocycles. The Balaban J connectivity index is 1.86. The van der Waals surface area contributed by atoms with Crippen molar-refractivity contribution < 1.29 is 29.3 Å². The minimum absolute atomic E-state index is 0.0461. The second-order valence-electron chi connectivity index (χ2n) is 7.70. The maximum Gasteiger partial charge on any atom is 0.342 e. The molecule has 2 aliphatic rings. The number of phenolic OH excluding ortho intramolecular Hbond substituents is 1. The monoisotopic (exact) mass is 376 g/mol. The number of aromatic hydroxyl groups is 1. The average molecular weight is 376 g/mol. The molecule has 3 unspecified atom stereocenters. The Bertz CT molecular complexity index is 685. The maximum absolute atomic E-state index is 12.8. The van der Waals surface area contributed by atoms with E-state index in [1.165, 1.54) is 13.0 Å². The van der Waals surface area contributed by atoms with Gasteiger partial charge in [-0.3, -0.25) is 0 Å². The standard InChI is InChI=1S/C21H28O6/c1-13(22)5-7-16-9-10-18-12-15(23)11-17(26-18)8-6-14-3-2-4-19(24)20(14)21(25)27-16/h2-4,15-18,23-24H,5-12H2,1H3/t15?,16?,17?,18-/m0/s1. The first-order valence-corrected chi connectivity index (χ1v) is 9.77. The van der Waals surface area contributed by atoms with Crippen molar-refractivity contribution in [1.29, 1.82) is 0 Å². The number of Topliss-reactive ketones (excluding diaryl/α,β-unsaturated/α-hetero) is 1. The molecule has 0 saturated carbocycles. The quantitative estimate of drug-likeness (QED) is 0.788. The number of carbonyl (C=O) groups excluding carboxylic acids is 2. The van der Waals surface area contributed by atoms with Crippen molar-refractivity contribution >= 4 is 11.8 Å². The lowest BCUT2D eigenvalue weighted by Gasteiger charge is -2.34. The number of phenols is 1. The number of fused-ring (bicyclic) bond motifs is 3. The number of aliphatic hydroxyl groups is 1. The fraction of sp³-hybridized carbons (Fsp3) is 0.619. The van der Waals surface area contributed by atoms with Gasteiger partial charge in [-0.25, -0.2) is 4.79 Å². The minimum Gasteiger partial charge on any atom is -0.507 e. The van der Waals surface area contributed by atoms with E-state index in [0.29, 0.717) is 56.9 Å². The predicted octanol–water partition coefficient (Wildman–Crippen LogP) is 2.92. The fourth-order valence-corrected chi connectivity index (χ4v) is 4.01. The lowest BCUT2D eigenvalue weighted by atomic mass is 9.92. The van der Waals surface area contributed by atoms with E-state index in [1.54, 1.807) is 6.07 Å². The van der Waals surface area contributed by atoms with Crippen LogP contribution in [0.15, 0.2) is 18.2 Å². The highest BCUT2D eigenvalue weighted by Gasteiger charge is 2.31. The van der Waals surface area contributed by atoms with Crippen LogP contribution in [0.3, 0.4) is 0 Å². The van der Waals surface area contributed by atoms with Gasteiger partial charge in [-0.05, 0) is 63.5 Å². The third-order valence-electron chi connectivity index (χ3n) is 5.43. The summed E-state index contributed by atoms with van der Waals surface area (Å²) >= 11 is 0. The van der Waals surface area contributed by atoms with E-state index in [4.69, 9.17) is 9.47 Å². The second-order valence-corrected chi connectivity index (χ2v) is 7.70. The number of hydrogen-bond donors (Lipinski definition) is 2. The maximum atomic E-state index is 12.8. The largest absolute Gasteiger partial charge is 0.507 e. The van der Waals surface area contributed by atoms with Crippen LogP contribution < -0.4 is 0 Å². The summed E-state index contributed by atoms with van der Waals surface area (Å²) in [7, 11) is 0. The van der Waals surface area contributed by atoms with Crippen LogP contribution in [0.4, 0.5) is 0 Å². The van der Waals surface area contributed by atoms with Crippen molar-refractivity contribution in [2.24, 2.45) is 0 Å². The number of aryl methyl sites for hydroxylation is 1. The first kappa shape index (κ1) is 19.8. The number of benzene rings is 1. The molecule has 1 aromatic rings. The van der Waals surface area contributed by atoms with Crippen LogP contribution in [-0.2, 0) is 20.7 Å². The summed E-state index contributed by atoms with van der Waals surface area (Å²) in [6.45, 7) is 1.52. The van der Waals surface area contributed by atoms with Gasteiger partial charge >= 0.3 is 5.97 Å². The van der Waals surface area contributed by atoms with Crippen LogP contribution in [-0.4, -0.2) is 46.4 Å². The van der Waals surface area contributed by atoms with Crippen molar-refractivity contribution in [3.63, 3.8) is 0 Å². The molecule has 2 heterocycles. The Labute approximate surface area is 159 Å². The van der Waals surface area contributed by atoms with Crippen molar-refractivity contribution in [3.05, 3.63) is 29.3 Å². The lowest BCUT2D eigenvalue weighted by molar-refractivity contribution is -0.117. The molecule has 6 heteroatoms. The zero-order valence-corrected chi connectivity index (χ0v) is 15.7. The van der Waals surface area contributed by atoms with Gasteiger partial charge in [0.25, 0.3) is 0 Å². The Morgan fingerprint density at radius 1 is 1.19 bits per heavy atom. The molecule has 2 aliphatic heterocycles. The highest BCUT2D eigenvalue weighted by Crippen LogP contribution is 2.31. The van der Waals surface area contributed by atoms with Gasteiger partial charge in [0.05, 0.1) is 18.3 Å². The number of ketones is 1. The number of cyclic esters (lactones) is 1. The number of rotatable bonds is 3. The molecule has 0 aromatic heterocycles. The van der Waals surface area contributed by atoms with Gasteiger partial charge in [0.1, 0.15) is 23.2 Å². The average Bonchev–Trinajstić information content (AvgIpc) is 2.60. The van der Waals surface area contributed by atoms with Crippen LogP contribution in [0.1, 0.15) is 67.8 Å². The molecule has 0 spiro atoms. The summed E-state index contributed by atoms with van der Waals surface area (Å²) in [4.78, 5) is 24.1. The Morgan fingerprint density at radius 2 is 1.93 bits per heavy atom. The van der Waals surface area contributed by atoms with Gasteiger partial charge in [0, 0.05) is 6.42 Å². The summed E-state index contributed by atoms with van der Waals surface area (Å²) in [5.41, 5.74) is 0.907. The number of ether oxygens (including phenoxy) is 2. The zero-order valence-electron chi connectivity index (χ0n) is 15.7. The van der Waals surface area contributed by atoms with E-state index >= 15 is 0 Å². The van der Waals surface area contributed by atoms with E-state index in [0.717, 1.165) is 0 Å². The number of hydrogen-bond acceptors (Lipinski definition) is 6. The van der Waals surface area contributed by atoms with Crippen LogP contribution in [0.5, 0.6) is 5.75 Å². The third-order valence-corrected chi connectivity index (χ3v) is 5.43. The van der Waals surface area contributed by atoms with Gasteiger partial charge in [-0.15, -0.1) is 0 Å². The summed E-state index contributed by atoms with van der Waals surface area (Å²) in [6, 6.07) is 5.00. The topological polar surface area (TPSA) is 93.1 Å². The predicted molar refractivity (Wildman–Crippen MR) is 98.7 cm³/mol. The SMILES string of the molecule is CC(=O)CCC1CC[C@H]2CC(O)CC(CCc3cccc(O)c3C(=O)O1)O2. The van der Waals surface area contributed by atoms with E-state index < -0.39 is 18.2 Å². The number of aliphatic hydroxyl groups excluding tert-OH is 1. The molecule has 27 heavy (non-hydrogen) atoms. The van der Waals surface area contributed by atoms with Crippen molar-refractivity contribution in [2.75, 3.05) is 0 Å². The lowest BCUT2D eigenvalue weighted by Crippen LogP contribution is -2.37. The smallest absolute Gasteiger partial charge is 0.342 e. The normalized spacial score (nSPS) is 29.0. The molecule has 4 atom stereocenters. The van der Waals surface area contributed by atoms with E-state index in [1.807, 2.05) is 6.07 Å². The Kier molecular flexibility index (Phi) is 6.50. The van der Waals surface area contributed by atoms with Gasteiger partial charge in [0.2, 0.25) is 0 Å². The van der Waals surface area contributed by atoms with E-state index in [2.05, 4.69) is 0 Å². The molecule has 2 N–H and O–H groups in total. The van der Waals surface area contributed by atoms with E-state index in [-0.39, 0.29) is 29.3 Å². The van der Waals surface area contributed by atoms with Gasteiger partial charge in [0.15, 0.2) is 0 Å². The summed E-state index contributed by atoms with van der Waals surface area (Å²) in [5.74, 6) is -0.587. The van der Waals surface area contributed by atoms with Crippen molar-refractivity contribution in [3.8, 4) is 5.75 Å². The summed E-state index contributed by atoms with van der Waals surface area (Å²) < 4.78 is 11.8. The van der Waals surface area contributed by atoms with Crippen molar-refractivity contribution in [1.82, 2.24) is 0 Å².